The molecule has 11 heteroatoms. The molecule has 5 rings (SSSR count). The third-order valence-corrected chi connectivity index (χ3v) is 5.25. The van der Waals surface area contributed by atoms with Crippen molar-refractivity contribution in [3.05, 3.63) is 64.7 Å². The third-order valence-electron chi connectivity index (χ3n) is 5.25. The van der Waals surface area contributed by atoms with Gasteiger partial charge in [-0.3, -0.25) is 24.2 Å². The average Bonchev–Trinajstić information content (AvgIpc) is 3.18. The molecule has 0 spiro atoms. The molecule has 4 aromatic rings. The first-order valence-corrected chi connectivity index (χ1v) is 9.64. The van der Waals surface area contributed by atoms with Gasteiger partial charge in [-0.25, -0.2) is 8.78 Å². The van der Waals surface area contributed by atoms with E-state index < -0.39 is 22.9 Å². The van der Waals surface area contributed by atoms with E-state index in [1.165, 1.54) is 18.5 Å². The van der Waals surface area contributed by atoms with E-state index >= 15 is 0 Å². The van der Waals surface area contributed by atoms with E-state index in [-0.39, 0.29) is 29.2 Å². The SMILES string of the molecule is Nc1n[nH]c2c(-c3ccc(N4CCOCC4=O)cn3)cn(-c3c(F)cccc3F)c(=O)c12. The highest BCUT2D eigenvalue weighted by molar-refractivity contribution is 5.98. The molecule has 0 atom stereocenters. The number of benzene rings is 1. The lowest BCUT2D eigenvalue weighted by Gasteiger charge is -2.26. The number of carbonyl (C=O) groups is 1. The van der Waals surface area contributed by atoms with Gasteiger partial charge in [0, 0.05) is 18.3 Å². The van der Waals surface area contributed by atoms with Gasteiger partial charge >= 0.3 is 0 Å². The van der Waals surface area contributed by atoms with Gasteiger partial charge in [-0.2, -0.15) is 5.10 Å². The number of hydrogen-bond acceptors (Lipinski definition) is 6. The van der Waals surface area contributed by atoms with Gasteiger partial charge in [0.1, 0.15) is 29.3 Å². The minimum absolute atomic E-state index is 0.00500. The van der Waals surface area contributed by atoms with Gasteiger partial charge in [-0.1, -0.05) is 6.07 Å². The maximum absolute atomic E-state index is 14.5. The summed E-state index contributed by atoms with van der Waals surface area (Å²) in [6.45, 7) is 0.814. The number of H-pyrrole nitrogens is 1. The van der Waals surface area contributed by atoms with Gasteiger partial charge in [-0.15, -0.1) is 0 Å². The minimum Gasteiger partial charge on any atom is -0.382 e. The number of nitrogen functional groups attached to an aromatic ring is 1. The van der Waals surface area contributed by atoms with E-state index in [9.17, 15) is 18.4 Å². The van der Waals surface area contributed by atoms with Crippen molar-refractivity contribution in [2.24, 2.45) is 0 Å². The van der Waals surface area contributed by atoms with Crippen molar-refractivity contribution in [3.8, 4) is 16.9 Å². The number of morpholine rings is 1. The van der Waals surface area contributed by atoms with E-state index in [4.69, 9.17) is 10.5 Å². The molecule has 32 heavy (non-hydrogen) atoms. The van der Waals surface area contributed by atoms with Gasteiger partial charge in [-0.05, 0) is 24.3 Å². The number of halogens is 2. The smallest absolute Gasteiger partial charge is 0.268 e. The second kappa shape index (κ2) is 7.54. The number of fused-ring (bicyclic) bond motifs is 1. The van der Waals surface area contributed by atoms with E-state index in [0.29, 0.717) is 30.1 Å². The fourth-order valence-electron chi connectivity index (χ4n) is 3.72. The van der Waals surface area contributed by atoms with Crippen LogP contribution in [0.5, 0.6) is 0 Å². The maximum atomic E-state index is 14.5. The summed E-state index contributed by atoms with van der Waals surface area (Å²) in [7, 11) is 0. The minimum atomic E-state index is -0.909. The van der Waals surface area contributed by atoms with Crippen molar-refractivity contribution in [1.82, 2.24) is 19.7 Å². The largest absolute Gasteiger partial charge is 0.382 e. The number of carbonyl (C=O) groups excluding carboxylic acids is 1. The molecule has 1 fully saturated rings. The van der Waals surface area contributed by atoms with Crippen LogP contribution in [0.3, 0.4) is 0 Å². The van der Waals surface area contributed by atoms with Crippen molar-refractivity contribution in [2.45, 2.75) is 0 Å². The van der Waals surface area contributed by atoms with Gasteiger partial charge < -0.3 is 15.4 Å². The first-order chi connectivity index (χ1) is 15.5. The average molecular weight is 438 g/mol. The van der Waals surface area contributed by atoms with Crippen LogP contribution in [0.25, 0.3) is 27.8 Å². The molecular formula is C21H16F2N6O3. The van der Waals surface area contributed by atoms with E-state index in [1.54, 1.807) is 17.0 Å². The van der Waals surface area contributed by atoms with Crippen LogP contribution in [0.1, 0.15) is 0 Å². The highest BCUT2D eigenvalue weighted by Gasteiger charge is 2.23. The zero-order chi connectivity index (χ0) is 22.4. The van der Waals surface area contributed by atoms with Crippen molar-refractivity contribution >= 4 is 28.3 Å². The van der Waals surface area contributed by atoms with Crippen molar-refractivity contribution in [3.63, 3.8) is 0 Å². The highest BCUT2D eigenvalue weighted by Crippen LogP contribution is 2.29. The van der Waals surface area contributed by atoms with Crippen LogP contribution in [0.15, 0.2) is 47.5 Å². The van der Waals surface area contributed by atoms with Gasteiger partial charge in [0.2, 0.25) is 0 Å². The summed E-state index contributed by atoms with van der Waals surface area (Å²) in [5, 5.41) is 6.56. The summed E-state index contributed by atoms with van der Waals surface area (Å²) < 4.78 is 34.9. The Labute approximate surface area is 179 Å². The van der Waals surface area contributed by atoms with Crippen molar-refractivity contribution in [1.29, 1.82) is 0 Å². The van der Waals surface area contributed by atoms with Gasteiger partial charge in [0.05, 0.1) is 29.7 Å². The highest BCUT2D eigenvalue weighted by atomic mass is 19.1. The van der Waals surface area contributed by atoms with E-state index in [1.807, 2.05) is 0 Å². The maximum Gasteiger partial charge on any atom is 0.268 e. The lowest BCUT2D eigenvalue weighted by molar-refractivity contribution is -0.125. The Morgan fingerprint density at radius 2 is 1.91 bits per heavy atom. The van der Waals surface area contributed by atoms with Crippen LogP contribution >= 0.6 is 0 Å². The molecule has 0 aliphatic carbocycles. The number of pyridine rings is 2. The molecule has 1 aliphatic rings. The van der Waals surface area contributed by atoms with Crippen LogP contribution in [0.4, 0.5) is 20.3 Å². The van der Waals surface area contributed by atoms with Crippen LogP contribution in [-0.4, -0.2) is 45.4 Å². The topological polar surface area (TPSA) is 119 Å². The van der Waals surface area contributed by atoms with E-state index in [2.05, 4.69) is 15.2 Å². The Hall–Kier alpha value is -4.12. The van der Waals surface area contributed by atoms with Crippen molar-refractivity contribution in [2.75, 3.05) is 30.4 Å². The van der Waals surface area contributed by atoms with E-state index in [0.717, 1.165) is 16.7 Å². The molecule has 0 bridgehead atoms. The number of nitrogens with one attached hydrogen (secondary N) is 1. The van der Waals surface area contributed by atoms with Crippen LogP contribution in [0.2, 0.25) is 0 Å². The standard InChI is InChI=1S/C21H16F2N6O3/c22-13-2-1-3-14(23)19(13)29-9-12(18-17(21(29)31)20(24)27-26-18)15-5-4-11(8-25-15)28-6-7-32-10-16(28)30/h1-5,8-9H,6-7,10H2,(H3,24,26,27). The summed E-state index contributed by atoms with van der Waals surface area (Å²) in [6, 6.07) is 6.64. The monoisotopic (exact) mass is 438 g/mol. The molecule has 9 nitrogen and oxygen atoms in total. The Balaban J connectivity index is 1.69. The number of hydrogen-bond donors (Lipinski definition) is 2. The number of anilines is 2. The van der Waals surface area contributed by atoms with Crippen LogP contribution < -0.4 is 16.2 Å². The Morgan fingerprint density at radius 3 is 2.59 bits per heavy atom. The molecule has 3 N–H and O–H groups in total. The normalized spacial score (nSPS) is 14.3. The van der Waals surface area contributed by atoms with Gasteiger partial charge in [0.15, 0.2) is 5.82 Å². The fourth-order valence-corrected chi connectivity index (χ4v) is 3.72. The van der Waals surface area contributed by atoms with Gasteiger partial charge in [0.25, 0.3) is 11.5 Å². The molecular weight excluding hydrogens is 422 g/mol. The number of amides is 1. The molecule has 1 aromatic carbocycles. The molecule has 1 aliphatic heterocycles. The molecule has 0 radical (unpaired) electrons. The zero-order valence-corrected chi connectivity index (χ0v) is 16.5. The summed E-state index contributed by atoms with van der Waals surface area (Å²) in [5.41, 5.74) is 6.20. The quantitative estimate of drug-likeness (QED) is 0.505. The third kappa shape index (κ3) is 3.10. The lowest BCUT2D eigenvalue weighted by Crippen LogP contribution is -2.41. The number of rotatable bonds is 3. The number of aromatic nitrogens is 4. The molecule has 1 saturated heterocycles. The number of nitrogens with zero attached hydrogens (tertiary/aromatic N) is 4. The predicted molar refractivity (Wildman–Crippen MR) is 112 cm³/mol. The molecule has 162 valence electrons. The Morgan fingerprint density at radius 1 is 1.12 bits per heavy atom. The summed E-state index contributed by atoms with van der Waals surface area (Å²) in [4.78, 5) is 31.0. The number of aromatic amines is 1. The molecule has 3 aromatic heterocycles. The number of ether oxygens (including phenoxy) is 1. The number of para-hydroxylation sites is 1. The molecule has 0 unspecified atom stereocenters. The predicted octanol–water partition coefficient (Wildman–Crippen LogP) is 2.00. The number of nitrogens with two attached hydrogens (primary N) is 1. The molecule has 0 saturated carbocycles. The van der Waals surface area contributed by atoms with Crippen LogP contribution in [0, 0.1) is 11.6 Å². The van der Waals surface area contributed by atoms with Crippen molar-refractivity contribution < 1.29 is 18.3 Å². The zero-order valence-electron chi connectivity index (χ0n) is 16.5. The second-order valence-electron chi connectivity index (χ2n) is 7.15. The summed E-state index contributed by atoms with van der Waals surface area (Å²) in [5.74, 6) is -2.10. The second-order valence-corrected chi connectivity index (χ2v) is 7.15. The summed E-state index contributed by atoms with van der Waals surface area (Å²) in [6.07, 6.45) is 2.79. The Kier molecular flexibility index (Phi) is 4.67. The molecule has 1 amide bonds. The fraction of sp³-hybridized carbons (Fsp3) is 0.143. The van der Waals surface area contributed by atoms with Crippen LogP contribution in [-0.2, 0) is 9.53 Å². The lowest BCUT2D eigenvalue weighted by atomic mass is 10.1. The first-order valence-electron chi connectivity index (χ1n) is 9.64. The Bertz CT molecular complexity index is 1390. The summed E-state index contributed by atoms with van der Waals surface area (Å²) >= 11 is 0. The first kappa shape index (κ1) is 19.8. The molecule has 4 heterocycles.